The van der Waals surface area contributed by atoms with E-state index in [4.69, 9.17) is 4.99 Å². The molecule has 0 radical (unpaired) electrons. The molecule has 0 unspecified atom stereocenters. The highest BCUT2D eigenvalue weighted by Crippen LogP contribution is 2.26. The Balaban J connectivity index is 1.92. The van der Waals surface area contributed by atoms with Crippen molar-refractivity contribution in [1.82, 2.24) is 4.57 Å². The van der Waals surface area contributed by atoms with Crippen LogP contribution >= 0.6 is 22.6 Å². The van der Waals surface area contributed by atoms with Crippen molar-refractivity contribution >= 4 is 34.5 Å². The van der Waals surface area contributed by atoms with Crippen LogP contribution in [0, 0.1) is 24.3 Å². The van der Waals surface area contributed by atoms with Crippen molar-refractivity contribution in [3.05, 3.63) is 80.2 Å². The third kappa shape index (κ3) is 4.34. The maximum Gasteiger partial charge on any atom is 0.0633 e. The molecule has 0 aliphatic rings. The van der Waals surface area contributed by atoms with E-state index >= 15 is 0 Å². The Bertz CT molecular complexity index is 986. The number of aromatic nitrogens is 1. The van der Waals surface area contributed by atoms with Gasteiger partial charge in [0.15, 0.2) is 0 Å². The van der Waals surface area contributed by atoms with E-state index in [0.29, 0.717) is 0 Å². The first-order valence-corrected chi connectivity index (χ1v) is 10.3. The molecule has 0 saturated carbocycles. The normalized spacial score (nSPS) is 12.1. The SMILES string of the molecule is Cc1cc(N=Cc2cc(C)n(-c3ccc(C(C)(C)C)cc3)c2C)ccc1I. The predicted octanol–water partition coefficient (Wildman–Crippen LogP) is 7.06. The van der Waals surface area contributed by atoms with Crippen LogP contribution in [0.5, 0.6) is 0 Å². The summed E-state index contributed by atoms with van der Waals surface area (Å²) in [6, 6.07) is 17.4. The molecule has 0 N–H and O–H groups in total. The standard InChI is InChI=1S/C24H27IN2/c1-16-13-21(9-12-23(16)25)26-15-19-14-17(2)27(18(19)3)22-10-7-20(8-11-22)24(4,5)6/h7-15H,1-6H3. The van der Waals surface area contributed by atoms with Crippen LogP contribution in [0.3, 0.4) is 0 Å². The minimum atomic E-state index is 0.169. The molecule has 27 heavy (non-hydrogen) atoms. The van der Waals surface area contributed by atoms with Crippen molar-refractivity contribution in [1.29, 1.82) is 0 Å². The molecule has 0 bridgehead atoms. The molecule has 2 aromatic carbocycles. The lowest BCUT2D eigenvalue weighted by Crippen LogP contribution is -2.11. The number of rotatable bonds is 3. The summed E-state index contributed by atoms with van der Waals surface area (Å²) in [4.78, 5) is 4.69. The van der Waals surface area contributed by atoms with E-state index in [1.54, 1.807) is 0 Å². The maximum atomic E-state index is 4.69. The maximum absolute atomic E-state index is 4.69. The molecule has 0 fully saturated rings. The van der Waals surface area contributed by atoms with Crippen LogP contribution in [0.2, 0.25) is 0 Å². The second kappa shape index (κ2) is 7.63. The van der Waals surface area contributed by atoms with Gasteiger partial charge in [-0.05, 0) is 96.3 Å². The Hall–Kier alpha value is -1.88. The van der Waals surface area contributed by atoms with Gasteiger partial charge in [-0.2, -0.15) is 0 Å². The molecule has 0 aliphatic heterocycles. The van der Waals surface area contributed by atoms with E-state index in [9.17, 15) is 0 Å². The average molecular weight is 470 g/mol. The highest BCUT2D eigenvalue weighted by Gasteiger charge is 2.14. The van der Waals surface area contributed by atoms with Crippen molar-refractivity contribution in [2.45, 2.75) is 47.0 Å². The molecule has 3 aromatic rings. The van der Waals surface area contributed by atoms with Gasteiger partial charge in [-0.3, -0.25) is 4.99 Å². The molecule has 0 aliphatic carbocycles. The Morgan fingerprint density at radius 2 is 1.59 bits per heavy atom. The molecule has 0 saturated heterocycles. The number of aliphatic imine (C=N–C) groups is 1. The number of benzene rings is 2. The Labute approximate surface area is 176 Å². The quantitative estimate of drug-likeness (QED) is 0.288. The Morgan fingerprint density at radius 1 is 0.926 bits per heavy atom. The summed E-state index contributed by atoms with van der Waals surface area (Å²) in [6.07, 6.45) is 1.98. The van der Waals surface area contributed by atoms with Crippen LogP contribution in [0.4, 0.5) is 5.69 Å². The first kappa shape index (κ1) is 19.9. The zero-order valence-electron chi connectivity index (χ0n) is 17.0. The van der Waals surface area contributed by atoms with E-state index < -0.39 is 0 Å². The van der Waals surface area contributed by atoms with E-state index in [1.807, 2.05) is 6.21 Å². The highest BCUT2D eigenvalue weighted by molar-refractivity contribution is 14.1. The smallest absolute Gasteiger partial charge is 0.0633 e. The summed E-state index contributed by atoms with van der Waals surface area (Å²) < 4.78 is 3.57. The minimum absolute atomic E-state index is 0.169. The van der Waals surface area contributed by atoms with Gasteiger partial charge >= 0.3 is 0 Å². The fourth-order valence-corrected chi connectivity index (χ4v) is 3.61. The van der Waals surface area contributed by atoms with E-state index in [1.165, 1.54) is 31.8 Å². The van der Waals surface area contributed by atoms with Crippen LogP contribution in [0.1, 0.15) is 48.8 Å². The number of aryl methyl sites for hydroxylation is 2. The van der Waals surface area contributed by atoms with Crippen LogP contribution in [0.15, 0.2) is 53.5 Å². The summed E-state index contributed by atoms with van der Waals surface area (Å²) in [5.74, 6) is 0. The van der Waals surface area contributed by atoms with Crippen LogP contribution in [-0.2, 0) is 5.41 Å². The fraction of sp³-hybridized carbons (Fsp3) is 0.292. The first-order chi connectivity index (χ1) is 12.7. The second-order valence-corrected chi connectivity index (χ2v) is 9.31. The summed E-state index contributed by atoms with van der Waals surface area (Å²) >= 11 is 2.35. The number of hydrogen-bond acceptors (Lipinski definition) is 1. The monoisotopic (exact) mass is 470 g/mol. The highest BCUT2D eigenvalue weighted by atomic mass is 127. The zero-order chi connectivity index (χ0) is 19.8. The molecule has 0 atom stereocenters. The van der Waals surface area contributed by atoms with E-state index in [-0.39, 0.29) is 5.41 Å². The van der Waals surface area contributed by atoms with Crippen molar-refractivity contribution in [3.8, 4) is 5.69 Å². The lowest BCUT2D eigenvalue weighted by atomic mass is 9.87. The van der Waals surface area contributed by atoms with Gasteiger partial charge in [0.05, 0.1) is 5.69 Å². The molecule has 2 nitrogen and oxygen atoms in total. The Kier molecular flexibility index (Phi) is 5.61. The van der Waals surface area contributed by atoms with Gasteiger partial charge in [0, 0.05) is 32.4 Å². The van der Waals surface area contributed by atoms with Gasteiger partial charge in [0.2, 0.25) is 0 Å². The largest absolute Gasteiger partial charge is 0.318 e. The van der Waals surface area contributed by atoms with Crippen LogP contribution in [-0.4, -0.2) is 10.8 Å². The van der Waals surface area contributed by atoms with Crippen molar-refractivity contribution in [2.75, 3.05) is 0 Å². The molecule has 0 amide bonds. The zero-order valence-corrected chi connectivity index (χ0v) is 19.1. The van der Waals surface area contributed by atoms with Gasteiger partial charge in [-0.25, -0.2) is 0 Å². The fourth-order valence-electron chi connectivity index (χ4n) is 3.28. The molecule has 1 aromatic heterocycles. The second-order valence-electron chi connectivity index (χ2n) is 8.15. The van der Waals surface area contributed by atoms with Gasteiger partial charge < -0.3 is 4.57 Å². The van der Waals surface area contributed by atoms with Gasteiger partial charge in [-0.1, -0.05) is 32.9 Å². The van der Waals surface area contributed by atoms with Crippen molar-refractivity contribution in [3.63, 3.8) is 0 Å². The lowest BCUT2D eigenvalue weighted by molar-refractivity contribution is 0.590. The van der Waals surface area contributed by atoms with Crippen LogP contribution < -0.4 is 0 Å². The summed E-state index contributed by atoms with van der Waals surface area (Å²) in [5.41, 5.74) is 8.55. The molecular formula is C24H27IN2. The third-order valence-electron chi connectivity index (χ3n) is 4.96. The molecule has 3 heteroatoms. The minimum Gasteiger partial charge on any atom is -0.318 e. The van der Waals surface area contributed by atoms with Crippen molar-refractivity contribution < 1.29 is 0 Å². The Morgan fingerprint density at radius 3 is 2.19 bits per heavy atom. The molecule has 3 rings (SSSR count). The summed E-state index contributed by atoms with van der Waals surface area (Å²) in [6.45, 7) is 13.2. The first-order valence-electron chi connectivity index (χ1n) is 9.27. The average Bonchev–Trinajstić information content (AvgIpc) is 2.89. The molecule has 140 valence electrons. The van der Waals surface area contributed by atoms with Gasteiger partial charge in [-0.15, -0.1) is 0 Å². The predicted molar refractivity (Wildman–Crippen MR) is 125 cm³/mol. The van der Waals surface area contributed by atoms with Gasteiger partial charge in [0.1, 0.15) is 0 Å². The van der Waals surface area contributed by atoms with E-state index in [0.717, 1.165) is 11.3 Å². The third-order valence-corrected chi connectivity index (χ3v) is 6.17. The molecule has 0 spiro atoms. The number of nitrogens with zero attached hydrogens (tertiary/aromatic N) is 2. The van der Waals surface area contributed by atoms with Crippen LogP contribution in [0.25, 0.3) is 5.69 Å². The lowest BCUT2D eigenvalue weighted by Gasteiger charge is -2.20. The number of hydrogen-bond donors (Lipinski definition) is 0. The van der Waals surface area contributed by atoms with E-state index in [2.05, 4.69) is 117 Å². The topological polar surface area (TPSA) is 17.3 Å². The molecule has 1 heterocycles. The van der Waals surface area contributed by atoms with Gasteiger partial charge in [0.25, 0.3) is 0 Å². The number of halogens is 1. The summed E-state index contributed by atoms with van der Waals surface area (Å²) in [5, 5.41) is 0. The summed E-state index contributed by atoms with van der Waals surface area (Å²) in [7, 11) is 0. The molecular weight excluding hydrogens is 443 g/mol. The van der Waals surface area contributed by atoms with Crippen molar-refractivity contribution in [2.24, 2.45) is 4.99 Å².